The monoisotopic (exact) mass is 294 g/mol. The van der Waals surface area contributed by atoms with Crippen molar-refractivity contribution in [1.82, 2.24) is 5.32 Å². The molecule has 0 aliphatic carbocycles. The van der Waals surface area contributed by atoms with Gasteiger partial charge in [0.15, 0.2) is 0 Å². The van der Waals surface area contributed by atoms with Gasteiger partial charge in [0.1, 0.15) is 0 Å². The largest absolute Gasteiger partial charge is 0.351 e. The Balaban J connectivity index is 1.82. The van der Waals surface area contributed by atoms with Crippen LogP contribution in [0.3, 0.4) is 0 Å². The molecule has 7 heteroatoms. The minimum absolute atomic E-state index is 0.0133. The molecule has 6 nitrogen and oxygen atoms in total. The molecule has 0 aromatic heterocycles. The number of rotatable bonds is 4. The van der Waals surface area contributed by atoms with Crippen molar-refractivity contribution in [1.29, 1.82) is 0 Å². The lowest BCUT2D eigenvalue weighted by Gasteiger charge is -2.22. The van der Waals surface area contributed by atoms with Crippen molar-refractivity contribution in [2.45, 2.75) is 12.5 Å². The summed E-state index contributed by atoms with van der Waals surface area (Å²) in [5.41, 5.74) is 6.32. The number of urea groups is 1. The second-order valence-corrected chi connectivity index (χ2v) is 5.69. The first-order valence-corrected chi connectivity index (χ1v) is 7.56. The van der Waals surface area contributed by atoms with E-state index in [2.05, 4.69) is 16.0 Å². The summed E-state index contributed by atoms with van der Waals surface area (Å²) in [4.78, 5) is 22.6. The highest BCUT2D eigenvalue weighted by atomic mass is 32.2. The average Bonchev–Trinajstić information content (AvgIpc) is 2.41. The Labute approximate surface area is 121 Å². The Kier molecular flexibility index (Phi) is 5.25. The van der Waals surface area contributed by atoms with E-state index in [-0.39, 0.29) is 11.9 Å². The van der Waals surface area contributed by atoms with Crippen molar-refractivity contribution in [2.24, 2.45) is 5.73 Å². The van der Waals surface area contributed by atoms with Gasteiger partial charge in [0.05, 0.1) is 0 Å². The maximum absolute atomic E-state index is 11.9. The van der Waals surface area contributed by atoms with E-state index in [1.165, 1.54) is 0 Å². The summed E-state index contributed by atoms with van der Waals surface area (Å²) in [6.07, 6.45) is 0.467. The van der Waals surface area contributed by atoms with E-state index in [0.29, 0.717) is 17.8 Å². The molecule has 0 spiro atoms. The summed E-state index contributed by atoms with van der Waals surface area (Å²) >= 11 is 1.86. The molecule has 0 radical (unpaired) electrons. The Morgan fingerprint density at radius 2 is 1.90 bits per heavy atom. The highest BCUT2D eigenvalue weighted by Gasteiger charge is 2.16. The standard InChI is InChI=1S/C13H18N4O2S/c14-13(19)17-10-3-1-9(2-4-10)16-12(18)7-11-8-20-6-5-15-11/h1-4,11,15H,5-8H2,(H,16,18)(H3,14,17,19). The molecule has 3 amide bonds. The number of amides is 3. The first kappa shape index (κ1) is 14.7. The maximum Gasteiger partial charge on any atom is 0.316 e. The molecule has 1 atom stereocenters. The third kappa shape index (κ3) is 4.75. The van der Waals surface area contributed by atoms with Crippen LogP contribution in [-0.4, -0.2) is 36.0 Å². The Morgan fingerprint density at radius 1 is 1.25 bits per heavy atom. The summed E-state index contributed by atoms with van der Waals surface area (Å²) in [5, 5.41) is 8.63. The van der Waals surface area contributed by atoms with Crippen LogP contribution in [0.2, 0.25) is 0 Å². The molecule has 20 heavy (non-hydrogen) atoms. The predicted octanol–water partition coefficient (Wildman–Crippen LogP) is 1.21. The zero-order valence-electron chi connectivity index (χ0n) is 11.0. The van der Waals surface area contributed by atoms with Crippen LogP contribution < -0.4 is 21.7 Å². The quantitative estimate of drug-likeness (QED) is 0.671. The van der Waals surface area contributed by atoms with Gasteiger partial charge in [0.25, 0.3) is 0 Å². The zero-order valence-corrected chi connectivity index (χ0v) is 11.8. The Bertz CT molecular complexity index is 472. The Hall–Kier alpha value is -1.73. The number of primary amides is 1. The van der Waals surface area contributed by atoms with Crippen LogP contribution in [0.15, 0.2) is 24.3 Å². The van der Waals surface area contributed by atoms with Gasteiger partial charge >= 0.3 is 6.03 Å². The lowest BCUT2D eigenvalue weighted by molar-refractivity contribution is -0.116. The van der Waals surface area contributed by atoms with Crippen LogP contribution in [0.25, 0.3) is 0 Å². The molecule has 0 bridgehead atoms. The number of benzene rings is 1. The fraction of sp³-hybridized carbons (Fsp3) is 0.385. The first-order chi connectivity index (χ1) is 9.63. The number of thioether (sulfide) groups is 1. The molecule has 0 saturated carbocycles. The minimum Gasteiger partial charge on any atom is -0.351 e. The summed E-state index contributed by atoms with van der Waals surface area (Å²) in [7, 11) is 0. The van der Waals surface area contributed by atoms with Gasteiger partial charge in [-0.1, -0.05) is 0 Å². The number of carbonyl (C=O) groups is 2. The van der Waals surface area contributed by atoms with Crippen molar-refractivity contribution < 1.29 is 9.59 Å². The molecule has 1 aromatic carbocycles. The molecule has 2 rings (SSSR count). The SMILES string of the molecule is NC(=O)Nc1ccc(NC(=O)CC2CSCCN2)cc1. The van der Waals surface area contributed by atoms with Crippen LogP contribution >= 0.6 is 11.8 Å². The molecule has 108 valence electrons. The Morgan fingerprint density at radius 3 is 2.45 bits per heavy atom. The van der Waals surface area contributed by atoms with Crippen LogP contribution in [0.4, 0.5) is 16.2 Å². The highest BCUT2D eigenvalue weighted by molar-refractivity contribution is 7.99. The van der Waals surface area contributed by atoms with Gasteiger partial charge in [-0.3, -0.25) is 4.79 Å². The number of anilines is 2. The van der Waals surface area contributed by atoms with E-state index in [9.17, 15) is 9.59 Å². The number of nitrogens with one attached hydrogen (secondary N) is 3. The molecule has 1 fully saturated rings. The lowest BCUT2D eigenvalue weighted by Crippen LogP contribution is -2.39. The molecule has 1 aromatic rings. The smallest absolute Gasteiger partial charge is 0.316 e. The van der Waals surface area contributed by atoms with E-state index in [0.717, 1.165) is 18.1 Å². The van der Waals surface area contributed by atoms with Crippen molar-refractivity contribution in [3.63, 3.8) is 0 Å². The van der Waals surface area contributed by atoms with Gasteiger partial charge in [-0.15, -0.1) is 0 Å². The predicted molar refractivity (Wildman–Crippen MR) is 82.0 cm³/mol. The van der Waals surface area contributed by atoms with Crippen molar-refractivity contribution in [3.8, 4) is 0 Å². The van der Waals surface area contributed by atoms with E-state index in [1.54, 1.807) is 24.3 Å². The first-order valence-electron chi connectivity index (χ1n) is 6.41. The zero-order chi connectivity index (χ0) is 14.4. The van der Waals surface area contributed by atoms with Gasteiger partial charge in [0.2, 0.25) is 5.91 Å². The van der Waals surface area contributed by atoms with Crippen LogP contribution in [-0.2, 0) is 4.79 Å². The fourth-order valence-electron chi connectivity index (χ4n) is 1.97. The van der Waals surface area contributed by atoms with Gasteiger partial charge < -0.3 is 21.7 Å². The maximum atomic E-state index is 11.9. The van der Waals surface area contributed by atoms with Crippen LogP contribution in [0.5, 0.6) is 0 Å². The molecule has 1 saturated heterocycles. The van der Waals surface area contributed by atoms with Crippen molar-refractivity contribution in [3.05, 3.63) is 24.3 Å². The summed E-state index contributed by atoms with van der Waals surface area (Å²) < 4.78 is 0. The molecular weight excluding hydrogens is 276 g/mol. The lowest BCUT2D eigenvalue weighted by atomic mass is 10.2. The van der Waals surface area contributed by atoms with Gasteiger partial charge in [-0.2, -0.15) is 11.8 Å². The summed E-state index contributed by atoms with van der Waals surface area (Å²) in [6.45, 7) is 0.954. The molecule has 1 unspecified atom stereocenters. The molecule has 1 aliphatic rings. The molecular formula is C13H18N4O2S. The third-order valence-electron chi connectivity index (χ3n) is 2.87. The fourth-order valence-corrected chi connectivity index (χ4v) is 2.91. The number of hydrogen-bond donors (Lipinski definition) is 4. The van der Waals surface area contributed by atoms with Crippen LogP contribution in [0.1, 0.15) is 6.42 Å². The van der Waals surface area contributed by atoms with E-state index < -0.39 is 6.03 Å². The van der Waals surface area contributed by atoms with E-state index in [4.69, 9.17) is 5.73 Å². The van der Waals surface area contributed by atoms with Gasteiger partial charge in [0, 0.05) is 41.9 Å². The second-order valence-electron chi connectivity index (χ2n) is 4.54. The minimum atomic E-state index is -0.609. The van der Waals surface area contributed by atoms with Crippen LogP contribution in [0, 0.1) is 0 Å². The molecule has 1 heterocycles. The van der Waals surface area contributed by atoms with Crippen molar-refractivity contribution in [2.75, 3.05) is 28.7 Å². The molecule has 5 N–H and O–H groups in total. The number of nitrogens with two attached hydrogens (primary N) is 1. The van der Waals surface area contributed by atoms with E-state index >= 15 is 0 Å². The van der Waals surface area contributed by atoms with Gasteiger partial charge in [-0.05, 0) is 24.3 Å². The number of hydrogen-bond acceptors (Lipinski definition) is 4. The third-order valence-corrected chi connectivity index (χ3v) is 4.00. The number of carbonyl (C=O) groups excluding carboxylic acids is 2. The average molecular weight is 294 g/mol. The van der Waals surface area contributed by atoms with Crippen molar-refractivity contribution >= 4 is 35.1 Å². The second kappa shape index (κ2) is 7.16. The normalized spacial score (nSPS) is 18.3. The summed E-state index contributed by atoms with van der Waals surface area (Å²) in [6, 6.07) is 6.47. The summed E-state index contributed by atoms with van der Waals surface area (Å²) in [5.74, 6) is 2.06. The topological polar surface area (TPSA) is 96.2 Å². The highest BCUT2D eigenvalue weighted by Crippen LogP contribution is 2.15. The van der Waals surface area contributed by atoms with Gasteiger partial charge in [-0.25, -0.2) is 4.79 Å². The van der Waals surface area contributed by atoms with E-state index in [1.807, 2.05) is 11.8 Å². The molecule has 1 aliphatic heterocycles.